The molecule has 0 saturated heterocycles. The van der Waals surface area contributed by atoms with E-state index in [2.05, 4.69) is 32.8 Å². The molecule has 0 spiro atoms. The van der Waals surface area contributed by atoms with Crippen LogP contribution < -0.4 is 10.9 Å². The predicted molar refractivity (Wildman–Crippen MR) is 102 cm³/mol. The van der Waals surface area contributed by atoms with Gasteiger partial charge in [-0.2, -0.15) is 0 Å². The smallest absolute Gasteiger partial charge is 0.252 e. The van der Waals surface area contributed by atoms with E-state index in [1.165, 1.54) is 0 Å². The fourth-order valence-corrected chi connectivity index (χ4v) is 2.41. The fourth-order valence-electron chi connectivity index (χ4n) is 2.08. The van der Waals surface area contributed by atoms with Gasteiger partial charge >= 0.3 is 0 Å². The van der Waals surface area contributed by atoms with Gasteiger partial charge in [-0.15, -0.1) is 0 Å². The summed E-state index contributed by atoms with van der Waals surface area (Å²) in [6.45, 7) is 7.03. The summed E-state index contributed by atoms with van der Waals surface area (Å²) in [5.41, 5.74) is 2.27. The second kappa shape index (κ2) is 8.29. The molecule has 2 aromatic rings. The molecule has 0 aliphatic heterocycles. The minimum absolute atomic E-state index is 0.105. The number of nitrogens with one attached hydrogen (secondary N) is 2. The molecular formula is C18H18BrClN2O. The first-order valence-corrected chi connectivity index (χ1v) is 8.33. The lowest BCUT2D eigenvalue weighted by Crippen LogP contribution is -2.22. The Labute approximate surface area is 148 Å². The molecular weight excluding hydrogens is 376 g/mol. The lowest BCUT2D eigenvalue weighted by molar-refractivity contribution is 0.742. The van der Waals surface area contributed by atoms with Gasteiger partial charge in [0.25, 0.3) is 5.56 Å². The van der Waals surface area contributed by atoms with Gasteiger partial charge in [0.2, 0.25) is 0 Å². The molecule has 0 aliphatic rings. The van der Waals surface area contributed by atoms with Gasteiger partial charge in [-0.1, -0.05) is 58.4 Å². The molecule has 5 heteroatoms. The van der Waals surface area contributed by atoms with E-state index in [0.717, 1.165) is 21.0 Å². The number of halogens is 2. The third-order valence-electron chi connectivity index (χ3n) is 3.21. The first-order chi connectivity index (χ1) is 11.0. The summed E-state index contributed by atoms with van der Waals surface area (Å²) in [6.07, 6.45) is 5.81. The van der Waals surface area contributed by atoms with Crippen LogP contribution in [-0.2, 0) is 6.54 Å². The Balaban J connectivity index is 2.00. The van der Waals surface area contributed by atoms with Gasteiger partial charge in [0.1, 0.15) is 0 Å². The van der Waals surface area contributed by atoms with Crippen LogP contribution in [0.1, 0.15) is 12.5 Å². The van der Waals surface area contributed by atoms with Crippen molar-refractivity contribution in [3.63, 3.8) is 0 Å². The maximum atomic E-state index is 12.1. The second-order valence-electron chi connectivity index (χ2n) is 5.23. The Morgan fingerprint density at radius 2 is 2.22 bits per heavy atom. The van der Waals surface area contributed by atoms with Crippen LogP contribution in [-0.4, -0.2) is 11.5 Å². The van der Waals surface area contributed by atoms with Gasteiger partial charge in [0.15, 0.2) is 0 Å². The van der Waals surface area contributed by atoms with Gasteiger partial charge in [0.05, 0.1) is 0 Å². The molecule has 23 heavy (non-hydrogen) atoms. The highest BCUT2D eigenvalue weighted by Gasteiger charge is 2.03. The highest BCUT2D eigenvalue weighted by atomic mass is 79.9. The maximum Gasteiger partial charge on any atom is 0.252 e. The van der Waals surface area contributed by atoms with Crippen molar-refractivity contribution >= 4 is 38.4 Å². The SMILES string of the molecule is C=C(/C=C\C=C(/C)Br)CNCc1cc2ccc(Cl)cc2[nH]c1=O. The molecule has 0 fully saturated rings. The van der Waals surface area contributed by atoms with Crippen molar-refractivity contribution in [3.05, 3.63) is 80.1 Å². The van der Waals surface area contributed by atoms with E-state index < -0.39 is 0 Å². The monoisotopic (exact) mass is 392 g/mol. The van der Waals surface area contributed by atoms with Crippen LogP contribution in [0.3, 0.4) is 0 Å². The summed E-state index contributed by atoms with van der Waals surface area (Å²) >= 11 is 9.29. The topological polar surface area (TPSA) is 44.9 Å². The standard InChI is InChI=1S/C18H18BrClN2O/c1-12(4-3-5-13(2)19)10-21-11-15-8-14-6-7-16(20)9-17(14)22-18(15)23/h3-9,21H,1,10-11H2,2H3,(H,22,23)/b4-3-,13-5+. The molecule has 0 amide bonds. The van der Waals surface area contributed by atoms with E-state index >= 15 is 0 Å². The van der Waals surface area contributed by atoms with E-state index in [9.17, 15) is 4.79 Å². The Kier molecular flexibility index (Phi) is 6.39. The molecule has 1 heterocycles. The highest BCUT2D eigenvalue weighted by molar-refractivity contribution is 9.11. The summed E-state index contributed by atoms with van der Waals surface area (Å²) in [5.74, 6) is 0. The zero-order chi connectivity index (χ0) is 16.8. The number of hydrogen-bond donors (Lipinski definition) is 2. The minimum Gasteiger partial charge on any atom is -0.322 e. The van der Waals surface area contributed by atoms with Gasteiger partial charge in [-0.3, -0.25) is 4.79 Å². The fraction of sp³-hybridized carbons (Fsp3) is 0.167. The molecule has 0 bridgehead atoms. The quantitative estimate of drug-likeness (QED) is 0.700. The molecule has 3 nitrogen and oxygen atoms in total. The molecule has 2 N–H and O–H groups in total. The molecule has 1 aromatic heterocycles. The normalized spacial score (nSPS) is 12.2. The third-order valence-corrected chi connectivity index (χ3v) is 3.71. The molecule has 0 atom stereocenters. The highest BCUT2D eigenvalue weighted by Crippen LogP contribution is 2.16. The lowest BCUT2D eigenvalue weighted by atomic mass is 10.1. The van der Waals surface area contributed by atoms with Crippen molar-refractivity contribution in [2.45, 2.75) is 13.5 Å². The van der Waals surface area contributed by atoms with Crippen LogP contribution in [0, 0.1) is 0 Å². The number of H-pyrrole nitrogens is 1. The summed E-state index contributed by atoms with van der Waals surface area (Å²) in [5, 5.41) is 4.79. The zero-order valence-corrected chi connectivity index (χ0v) is 15.2. The third kappa shape index (κ3) is 5.50. The average molecular weight is 394 g/mol. The van der Waals surface area contributed by atoms with Crippen molar-refractivity contribution in [3.8, 4) is 0 Å². The Morgan fingerprint density at radius 1 is 1.43 bits per heavy atom. The molecule has 2 rings (SSSR count). The van der Waals surface area contributed by atoms with E-state index in [0.29, 0.717) is 23.7 Å². The summed E-state index contributed by atoms with van der Waals surface area (Å²) in [6, 6.07) is 7.34. The Bertz CT molecular complexity index is 833. The van der Waals surface area contributed by atoms with Gasteiger partial charge in [0, 0.05) is 29.2 Å². The number of rotatable bonds is 6. The summed E-state index contributed by atoms with van der Waals surface area (Å²) < 4.78 is 1.05. The van der Waals surface area contributed by atoms with Crippen LogP contribution in [0.2, 0.25) is 5.02 Å². The van der Waals surface area contributed by atoms with Gasteiger partial charge < -0.3 is 10.3 Å². The first kappa shape index (κ1) is 17.7. The second-order valence-corrected chi connectivity index (χ2v) is 6.92. The van der Waals surface area contributed by atoms with Gasteiger partial charge in [-0.25, -0.2) is 0 Å². The van der Waals surface area contributed by atoms with Crippen LogP contribution in [0.4, 0.5) is 0 Å². The van der Waals surface area contributed by atoms with Crippen molar-refractivity contribution in [2.24, 2.45) is 0 Å². The zero-order valence-electron chi connectivity index (χ0n) is 12.8. The number of pyridine rings is 1. The van der Waals surface area contributed by atoms with Crippen LogP contribution in [0.5, 0.6) is 0 Å². The van der Waals surface area contributed by atoms with E-state index in [1.807, 2.05) is 43.4 Å². The van der Waals surface area contributed by atoms with Crippen molar-refractivity contribution in [1.82, 2.24) is 10.3 Å². The molecule has 0 unspecified atom stereocenters. The summed E-state index contributed by atoms with van der Waals surface area (Å²) in [7, 11) is 0. The summed E-state index contributed by atoms with van der Waals surface area (Å²) in [4.78, 5) is 14.9. The van der Waals surface area contributed by atoms with Crippen LogP contribution in [0.25, 0.3) is 10.9 Å². The largest absolute Gasteiger partial charge is 0.322 e. The van der Waals surface area contributed by atoms with Gasteiger partial charge in [-0.05, 0) is 40.6 Å². The van der Waals surface area contributed by atoms with Crippen molar-refractivity contribution in [1.29, 1.82) is 0 Å². The van der Waals surface area contributed by atoms with Crippen molar-refractivity contribution < 1.29 is 0 Å². The van der Waals surface area contributed by atoms with E-state index in [4.69, 9.17) is 11.6 Å². The lowest BCUT2D eigenvalue weighted by Gasteiger charge is -2.06. The molecule has 120 valence electrons. The van der Waals surface area contributed by atoms with Crippen LogP contribution in [0.15, 0.2) is 63.9 Å². The molecule has 0 aliphatic carbocycles. The van der Waals surface area contributed by atoms with E-state index in [1.54, 1.807) is 6.07 Å². The first-order valence-electron chi connectivity index (χ1n) is 7.16. The van der Waals surface area contributed by atoms with E-state index in [-0.39, 0.29) is 5.56 Å². The average Bonchev–Trinajstić information content (AvgIpc) is 2.47. The number of benzene rings is 1. The van der Waals surface area contributed by atoms with Crippen molar-refractivity contribution in [2.75, 3.05) is 6.54 Å². The number of hydrogen-bond acceptors (Lipinski definition) is 2. The minimum atomic E-state index is -0.105. The van der Waals surface area contributed by atoms with Crippen LogP contribution >= 0.6 is 27.5 Å². The number of fused-ring (bicyclic) bond motifs is 1. The number of aromatic nitrogens is 1. The molecule has 0 radical (unpaired) electrons. The predicted octanol–water partition coefficient (Wildman–Crippen LogP) is 4.68. The Hall–Kier alpha value is -1.62. The molecule has 1 aromatic carbocycles. The number of aromatic amines is 1. The molecule has 0 saturated carbocycles. The maximum absolute atomic E-state index is 12.1. The number of allylic oxidation sites excluding steroid dienone is 3. The Morgan fingerprint density at radius 3 is 2.96 bits per heavy atom.